The number of carbonyl (C=O) groups is 8. The van der Waals surface area contributed by atoms with Crippen molar-refractivity contribution < 1.29 is 107 Å². The van der Waals surface area contributed by atoms with Crippen LogP contribution in [0.25, 0.3) is 33.4 Å². The second-order valence-electron chi connectivity index (χ2n) is 26.5. The number of benzene rings is 6. The summed E-state index contributed by atoms with van der Waals surface area (Å²) in [6.07, 6.45) is -15.7. The Morgan fingerprint density at radius 3 is 1.13 bits per heavy atom. The summed E-state index contributed by atoms with van der Waals surface area (Å²) in [6, 6.07) is 42.6. The number of amides is 6. The first kappa shape index (κ1) is 81.5. The maximum absolute atomic E-state index is 13.4. The molecule has 10 rings (SSSR count). The fourth-order valence-electron chi connectivity index (χ4n) is 13.9. The van der Waals surface area contributed by atoms with Gasteiger partial charge in [0.05, 0.1) is 63.9 Å². The molecule has 2 aliphatic heterocycles. The van der Waals surface area contributed by atoms with Crippen LogP contribution in [-0.2, 0) is 57.1 Å². The molecule has 30 heteroatoms. The van der Waals surface area contributed by atoms with Gasteiger partial charge in [-0.15, -0.1) is 0 Å². The van der Waals surface area contributed by atoms with Crippen LogP contribution in [0.5, 0.6) is 0 Å². The van der Waals surface area contributed by atoms with Crippen molar-refractivity contribution in [3.63, 3.8) is 0 Å². The summed E-state index contributed by atoms with van der Waals surface area (Å²) in [5, 5.41) is 83.8. The van der Waals surface area contributed by atoms with E-state index < -0.39 is 134 Å². The Balaban J connectivity index is 0.603. The lowest BCUT2D eigenvalue weighted by atomic mass is 9.88. The van der Waals surface area contributed by atoms with Gasteiger partial charge in [0, 0.05) is 87.3 Å². The van der Waals surface area contributed by atoms with Crippen LogP contribution in [-0.4, -0.2) is 241 Å². The molecule has 578 valence electrons. The van der Waals surface area contributed by atoms with E-state index in [0.29, 0.717) is 60.1 Å². The fraction of sp³-hybridized carbons (Fsp3) is 0.436. The minimum absolute atomic E-state index is 0.00582. The smallest absolute Gasteiger partial charge is 0.407 e. The second kappa shape index (κ2) is 38.4. The highest BCUT2D eigenvalue weighted by Gasteiger charge is 2.58. The number of methoxy groups -OCH3 is 2. The Bertz CT molecular complexity index is 3750. The van der Waals surface area contributed by atoms with Crippen LogP contribution in [0.4, 0.5) is 9.59 Å². The molecule has 28 nitrogen and oxygen atoms in total. The first-order chi connectivity index (χ1) is 52.0. The van der Waals surface area contributed by atoms with Crippen molar-refractivity contribution in [3.05, 3.63) is 179 Å². The van der Waals surface area contributed by atoms with E-state index in [1.807, 2.05) is 97.1 Å². The number of carbonyl (C=O) groups excluding carboxylic acids is 8. The fourth-order valence-corrected chi connectivity index (χ4v) is 15.4. The summed E-state index contributed by atoms with van der Waals surface area (Å²) >= 11 is 2.98. The predicted molar refractivity (Wildman–Crippen MR) is 398 cm³/mol. The van der Waals surface area contributed by atoms with Crippen molar-refractivity contribution in [3.8, 4) is 33.4 Å². The van der Waals surface area contributed by atoms with Gasteiger partial charge in [-0.2, -0.15) is 23.5 Å². The molecule has 2 aliphatic carbocycles. The maximum Gasteiger partial charge on any atom is 0.407 e. The Hall–Kier alpha value is -9.02. The van der Waals surface area contributed by atoms with Gasteiger partial charge in [-0.1, -0.05) is 121 Å². The molecule has 6 aromatic carbocycles. The molecule has 108 heavy (non-hydrogen) atoms. The van der Waals surface area contributed by atoms with E-state index in [1.54, 1.807) is 48.5 Å². The number of hydrogen-bond donors (Lipinski definition) is 12. The molecule has 0 aromatic heterocycles. The number of ether oxygens (including phenoxy) is 8. The third-order valence-corrected chi connectivity index (χ3v) is 21.3. The topological polar surface area (TPSA) is 404 Å². The van der Waals surface area contributed by atoms with Gasteiger partial charge in [0.2, 0.25) is 11.8 Å². The van der Waals surface area contributed by atoms with Gasteiger partial charge in [0.1, 0.15) is 37.6 Å². The van der Waals surface area contributed by atoms with Crippen LogP contribution in [0.3, 0.4) is 0 Å². The summed E-state index contributed by atoms with van der Waals surface area (Å²) in [5.41, 5.74) is 10.6. The van der Waals surface area contributed by atoms with Crippen LogP contribution in [0.15, 0.2) is 146 Å². The van der Waals surface area contributed by atoms with Crippen LogP contribution < -0.4 is 31.9 Å². The summed E-state index contributed by atoms with van der Waals surface area (Å²) in [7, 11) is 2.18. The van der Waals surface area contributed by atoms with E-state index >= 15 is 0 Å². The molecule has 0 radical (unpaired) electrons. The zero-order valence-corrected chi connectivity index (χ0v) is 61.8. The SMILES string of the molecule is COC(=O)C1(OCCCSCCNC(=O)c2ccc(-c3ccc(C(=O)NCCSCCCOC4(C(=O)OC)CC(O)C(NC(C)=O)C([C@H](O)[C@@H](O)CNC(=O)OCC5c6ccccc6-c6ccccc65)O4)cc3)cc2)CC(O)C(NC(C)=O)C([C@@H](O)[C@H](O)CNC(=O)OCC2c3ccccc3-c3ccccc32)O1. The molecule has 0 spiro atoms. The van der Waals surface area contributed by atoms with Crippen molar-refractivity contribution in [1.29, 1.82) is 0 Å². The molecular weight excluding hydrogens is 1440 g/mol. The monoisotopic (exact) mass is 1530 g/mol. The van der Waals surface area contributed by atoms with E-state index in [4.69, 9.17) is 37.9 Å². The summed E-state index contributed by atoms with van der Waals surface area (Å²) in [4.78, 5) is 104. The molecule has 8 unspecified atom stereocenters. The highest BCUT2D eigenvalue weighted by atomic mass is 32.2. The average molecular weight is 1530 g/mol. The molecular formula is C78H92N6O22S2. The quantitative estimate of drug-likeness (QED) is 0.0146. The number of aliphatic hydroxyl groups excluding tert-OH is 6. The Morgan fingerprint density at radius 2 is 0.806 bits per heavy atom. The van der Waals surface area contributed by atoms with Crippen molar-refractivity contribution in [2.24, 2.45) is 0 Å². The van der Waals surface area contributed by atoms with Crippen molar-refractivity contribution in [1.82, 2.24) is 31.9 Å². The largest absolute Gasteiger partial charge is 0.465 e. The number of rotatable bonds is 35. The standard InChI is InChI=1S/C78H92N6O22S2/c1-45(85)83-65-61(87)39-77(73(95)99-3,105-69(65)67(91)63(89)41-81-75(97)101-43-59-55-19-9-5-15-51(55)52-16-6-10-20-56(52)59)103-33-13-35-107-37-31-79-71(93)49-27-23-47(24-28-49)48-25-29-50(30-26-48)72(94)80-32-38-108-36-14-34-104-78(74(96)100-4)40-62(88)66(84-46(2)86)70(106-78)68(92)64(90)42-82-76(98)102-44-60-57-21-11-7-17-53(57)54-18-8-12-22-58(54)60/h5-12,15-30,59-70,87-92H,13-14,31-44H2,1-4H3,(H,79,93)(H,80,94)(H,81,97)(H,82,98)(H,83,85)(H,84,86)/t61?,62?,63-,64+,65?,66?,67+,68-,69?,70?,77?,78?. The van der Waals surface area contributed by atoms with E-state index in [-0.39, 0.29) is 50.1 Å². The molecule has 12 N–H and O–H groups in total. The number of nitrogens with one attached hydrogen (secondary N) is 6. The van der Waals surface area contributed by atoms with Gasteiger partial charge in [-0.05, 0) is 104 Å². The van der Waals surface area contributed by atoms with Gasteiger partial charge in [-0.25, -0.2) is 19.2 Å². The van der Waals surface area contributed by atoms with Crippen LogP contribution in [0.1, 0.15) is 94.3 Å². The van der Waals surface area contributed by atoms with E-state index in [0.717, 1.165) is 69.9 Å². The van der Waals surface area contributed by atoms with E-state index in [9.17, 15) is 69.0 Å². The molecule has 4 aliphatic rings. The number of esters is 2. The molecule has 6 amide bonds. The third kappa shape index (κ3) is 20.1. The third-order valence-electron chi connectivity index (χ3n) is 19.2. The number of alkyl carbamates (subject to hydrolysis) is 2. The number of hydrogen-bond acceptors (Lipinski definition) is 24. The summed E-state index contributed by atoms with van der Waals surface area (Å²) in [5.74, 6) is -6.80. The van der Waals surface area contributed by atoms with Crippen molar-refractivity contribution in [2.45, 2.75) is 124 Å². The lowest BCUT2D eigenvalue weighted by molar-refractivity contribution is -0.311. The van der Waals surface area contributed by atoms with Crippen LogP contribution >= 0.6 is 23.5 Å². The second-order valence-corrected chi connectivity index (χ2v) is 28.9. The highest BCUT2D eigenvalue weighted by Crippen LogP contribution is 2.46. The van der Waals surface area contributed by atoms with Gasteiger partial charge in [0.25, 0.3) is 23.4 Å². The Kier molecular flexibility index (Phi) is 29.0. The van der Waals surface area contributed by atoms with E-state index in [1.165, 1.54) is 37.4 Å². The minimum atomic E-state index is -2.26. The van der Waals surface area contributed by atoms with Gasteiger partial charge < -0.3 is 100 Å². The van der Waals surface area contributed by atoms with Gasteiger partial charge >= 0.3 is 24.1 Å². The average Bonchev–Trinajstić information content (AvgIpc) is 1.34. The van der Waals surface area contributed by atoms with Gasteiger partial charge in [-0.3, -0.25) is 19.2 Å². The highest BCUT2D eigenvalue weighted by molar-refractivity contribution is 7.99. The Morgan fingerprint density at radius 1 is 0.472 bits per heavy atom. The van der Waals surface area contributed by atoms with Crippen LogP contribution in [0, 0.1) is 0 Å². The maximum atomic E-state index is 13.4. The summed E-state index contributed by atoms with van der Waals surface area (Å²) < 4.78 is 45.4. The minimum Gasteiger partial charge on any atom is -0.465 e. The van der Waals surface area contributed by atoms with Gasteiger partial charge in [0.15, 0.2) is 0 Å². The number of fused-ring (bicyclic) bond motifs is 6. The molecule has 2 fully saturated rings. The van der Waals surface area contributed by atoms with Crippen LogP contribution in [0.2, 0.25) is 0 Å². The lowest BCUT2D eigenvalue weighted by Crippen LogP contribution is -2.68. The molecule has 12 atom stereocenters. The molecule has 6 aromatic rings. The molecule has 2 saturated heterocycles. The van der Waals surface area contributed by atoms with Crippen molar-refractivity contribution >= 4 is 71.3 Å². The molecule has 0 bridgehead atoms. The molecule has 2 heterocycles. The first-order valence-corrected chi connectivity index (χ1v) is 37.9. The Labute approximate surface area is 633 Å². The first-order valence-electron chi connectivity index (χ1n) is 35.6. The number of thioether (sulfide) groups is 2. The molecule has 0 saturated carbocycles. The zero-order valence-electron chi connectivity index (χ0n) is 60.1. The number of aliphatic hydroxyl groups is 6. The summed E-state index contributed by atoms with van der Waals surface area (Å²) in [6.45, 7) is 1.74. The normalized spacial score (nSPS) is 21.7. The zero-order chi connectivity index (χ0) is 77.1. The van der Waals surface area contributed by atoms with E-state index in [2.05, 4.69) is 31.9 Å². The van der Waals surface area contributed by atoms with Crippen molar-refractivity contribution in [2.75, 3.05) is 89.8 Å². The predicted octanol–water partition coefficient (Wildman–Crippen LogP) is 4.66. The lowest BCUT2D eigenvalue weighted by Gasteiger charge is -2.47.